The first-order chi connectivity index (χ1) is 11.7. The van der Waals surface area contributed by atoms with Gasteiger partial charge in [0.05, 0.1) is 18.7 Å². The van der Waals surface area contributed by atoms with Crippen molar-refractivity contribution in [2.24, 2.45) is 0 Å². The quantitative estimate of drug-likeness (QED) is 0.776. The first-order valence-electron chi connectivity index (χ1n) is 7.58. The van der Waals surface area contributed by atoms with Crippen LogP contribution in [0.25, 0.3) is 10.8 Å². The fraction of sp³-hybridized carbons (Fsp3) is 0.150. The lowest BCUT2D eigenvalue weighted by Gasteiger charge is -2.13. The summed E-state index contributed by atoms with van der Waals surface area (Å²) in [6, 6.07) is 20.5. The Hall–Kier alpha value is -3.03. The van der Waals surface area contributed by atoms with Crippen molar-refractivity contribution >= 4 is 10.8 Å². The topological polar surface area (TPSA) is 62.5 Å². The lowest BCUT2D eigenvalue weighted by molar-refractivity contribution is 0.108. The van der Waals surface area contributed by atoms with Crippen LogP contribution in [0.2, 0.25) is 0 Å². The molecule has 3 rings (SSSR count). The van der Waals surface area contributed by atoms with Crippen LogP contribution in [0.15, 0.2) is 60.7 Å². The molecule has 24 heavy (non-hydrogen) atoms. The third kappa shape index (κ3) is 3.48. The van der Waals surface area contributed by atoms with Crippen LogP contribution in [0.3, 0.4) is 0 Å². The molecule has 0 fully saturated rings. The van der Waals surface area contributed by atoms with E-state index in [1.54, 1.807) is 31.4 Å². The Labute approximate surface area is 140 Å². The smallest absolute Gasteiger partial charge is 0.120 e. The number of hydrogen-bond acceptors (Lipinski definition) is 4. The Balaban J connectivity index is 1.71. The number of rotatable bonds is 5. The third-order valence-electron chi connectivity index (χ3n) is 3.85. The number of nitriles is 1. The summed E-state index contributed by atoms with van der Waals surface area (Å²) < 4.78 is 10.9. The Kier molecular flexibility index (Phi) is 4.64. The molecular formula is C20H17NO3. The number of fused-ring (bicyclic) bond motifs is 1. The van der Waals surface area contributed by atoms with E-state index in [2.05, 4.69) is 6.07 Å². The van der Waals surface area contributed by atoms with Crippen LogP contribution in [0, 0.1) is 11.3 Å². The van der Waals surface area contributed by atoms with Crippen LogP contribution in [0.4, 0.5) is 0 Å². The van der Waals surface area contributed by atoms with E-state index >= 15 is 0 Å². The molecule has 1 unspecified atom stereocenters. The van der Waals surface area contributed by atoms with Crippen molar-refractivity contribution in [1.82, 2.24) is 0 Å². The van der Waals surface area contributed by atoms with Crippen LogP contribution in [0.5, 0.6) is 11.5 Å². The zero-order valence-electron chi connectivity index (χ0n) is 13.3. The maximum Gasteiger partial charge on any atom is 0.120 e. The van der Waals surface area contributed by atoms with Gasteiger partial charge in [0.15, 0.2) is 0 Å². The second-order valence-electron chi connectivity index (χ2n) is 5.44. The summed E-state index contributed by atoms with van der Waals surface area (Å²) >= 11 is 0. The highest BCUT2D eigenvalue weighted by Gasteiger charge is 2.09. The van der Waals surface area contributed by atoms with Crippen molar-refractivity contribution in [3.63, 3.8) is 0 Å². The van der Waals surface area contributed by atoms with Gasteiger partial charge in [-0.3, -0.25) is 0 Å². The molecule has 3 aromatic carbocycles. The Morgan fingerprint density at radius 2 is 1.62 bits per heavy atom. The molecule has 0 bridgehead atoms. The number of nitrogens with zero attached hydrogens (tertiary/aromatic N) is 1. The molecule has 0 aliphatic rings. The number of benzene rings is 3. The zero-order valence-corrected chi connectivity index (χ0v) is 13.3. The number of ether oxygens (including phenoxy) is 2. The highest BCUT2D eigenvalue weighted by Crippen LogP contribution is 2.25. The van der Waals surface area contributed by atoms with E-state index in [4.69, 9.17) is 14.7 Å². The molecule has 1 N–H and O–H groups in total. The molecule has 4 heteroatoms. The van der Waals surface area contributed by atoms with E-state index in [9.17, 15) is 5.11 Å². The number of aliphatic hydroxyl groups excluding tert-OH is 1. The summed E-state index contributed by atoms with van der Waals surface area (Å²) in [6.07, 6.45) is -0.751. The average molecular weight is 319 g/mol. The van der Waals surface area contributed by atoms with Crippen molar-refractivity contribution in [2.75, 3.05) is 13.7 Å². The third-order valence-corrected chi connectivity index (χ3v) is 3.85. The summed E-state index contributed by atoms with van der Waals surface area (Å²) in [6.45, 7) is 0.140. The minimum Gasteiger partial charge on any atom is -0.497 e. The second-order valence-corrected chi connectivity index (χ2v) is 5.44. The molecule has 0 radical (unpaired) electrons. The molecular weight excluding hydrogens is 302 g/mol. The summed E-state index contributed by atoms with van der Waals surface area (Å²) in [4.78, 5) is 0. The molecule has 0 spiro atoms. The maximum absolute atomic E-state index is 10.2. The predicted molar refractivity (Wildman–Crippen MR) is 92.1 cm³/mol. The number of aliphatic hydroxyl groups is 1. The Morgan fingerprint density at radius 1 is 0.958 bits per heavy atom. The summed E-state index contributed by atoms with van der Waals surface area (Å²) in [7, 11) is 1.63. The largest absolute Gasteiger partial charge is 0.497 e. The van der Waals surface area contributed by atoms with Gasteiger partial charge in [0.2, 0.25) is 0 Å². The van der Waals surface area contributed by atoms with Crippen molar-refractivity contribution < 1.29 is 14.6 Å². The van der Waals surface area contributed by atoms with Crippen LogP contribution < -0.4 is 9.47 Å². The fourth-order valence-corrected chi connectivity index (χ4v) is 2.47. The minimum atomic E-state index is -0.751. The van der Waals surface area contributed by atoms with Gasteiger partial charge in [-0.25, -0.2) is 0 Å². The summed E-state index contributed by atoms with van der Waals surface area (Å²) in [5, 5.41) is 21.1. The Morgan fingerprint density at radius 3 is 2.29 bits per heavy atom. The van der Waals surface area contributed by atoms with Gasteiger partial charge in [0.25, 0.3) is 0 Å². The van der Waals surface area contributed by atoms with Crippen LogP contribution in [-0.4, -0.2) is 18.8 Å². The van der Waals surface area contributed by atoms with Crippen molar-refractivity contribution in [3.8, 4) is 17.6 Å². The zero-order chi connectivity index (χ0) is 16.9. The van der Waals surface area contributed by atoms with E-state index in [0.717, 1.165) is 22.1 Å². The van der Waals surface area contributed by atoms with E-state index in [0.29, 0.717) is 11.3 Å². The molecule has 0 heterocycles. The summed E-state index contributed by atoms with van der Waals surface area (Å²) in [5.74, 6) is 1.47. The molecule has 0 saturated carbocycles. The standard InChI is InChI=1S/C20H17NO3/c1-23-18-8-6-15-7-9-19(11-17(15)10-18)24-13-20(22)16-4-2-14(12-21)3-5-16/h2-11,20,22H,13H2,1H3. The van der Waals surface area contributed by atoms with Gasteiger partial charge in [0, 0.05) is 0 Å². The van der Waals surface area contributed by atoms with Crippen LogP contribution >= 0.6 is 0 Å². The lowest BCUT2D eigenvalue weighted by Crippen LogP contribution is -2.09. The first-order valence-corrected chi connectivity index (χ1v) is 7.58. The van der Waals surface area contributed by atoms with Gasteiger partial charge in [-0.1, -0.05) is 24.3 Å². The summed E-state index contributed by atoms with van der Waals surface area (Å²) in [5.41, 5.74) is 1.28. The fourth-order valence-electron chi connectivity index (χ4n) is 2.47. The molecule has 0 aromatic heterocycles. The van der Waals surface area contributed by atoms with Crippen molar-refractivity contribution in [1.29, 1.82) is 5.26 Å². The van der Waals surface area contributed by atoms with Crippen molar-refractivity contribution in [3.05, 3.63) is 71.8 Å². The predicted octanol–water partition coefficient (Wildman–Crippen LogP) is 3.83. The SMILES string of the molecule is COc1ccc2ccc(OCC(O)c3ccc(C#N)cc3)cc2c1. The van der Waals surface area contributed by atoms with E-state index in [-0.39, 0.29) is 6.61 Å². The molecule has 0 amide bonds. The van der Waals surface area contributed by atoms with Gasteiger partial charge < -0.3 is 14.6 Å². The highest BCUT2D eigenvalue weighted by atomic mass is 16.5. The first kappa shape index (κ1) is 15.9. The van der Waals surface area contributed by atoms with Crippen LogP contribution in [-0.2, 0) is 0 Å². The van der Waals surface area contributed by atoms with Gasteiger partial charge in [-0.15, -0.1) is 0 Å². The van der Waals surface area contributed by atoms with Gasteiger partial charge in [-0.2, -0.15) is 5.26 Å². The van der Waals surface area contributed by atoms with Gasteiger partial charge >= 0.3 is 0 Å². The van der Waals surface area contributed by atoms with Crippen molar-refractivity contribution in [2.45, 2.75) is 6.10 Å². The van der Waals surface area contributed by atoms with Crippen LogP contribution in [0.1, 0.15) is 17.2 Å². The normalized spacial score (nSPS) is 11.7. The second kappa shape index (κ2) is 7.03. The number of methoxy groups -OCH3 is 1. The Bertz CT molecular complexity index is 882. The molecule has 1 atom stereocenters. The van der Waals surface area contributed by atoms with E-state index in [1.165, 1.54) is 0 Å². The average Bonchev–Trinajstić information content (AvgIpc) is 2.65. The maximum atomic E-state index is 10.2. The minimum absolute atomic E-state index is 0.140. The van der Waals surface area contributed by atoms with E-state index < -0.39 is 6.10 Å². The molecule has 0 aliphatic heterocycles. The number of hydrogen-bond donors (Lipinski definition) is 1. The van der Waals surface area contributed by atoms with Gasteiger partial charge in [-0.05, 0) is 52.7 Å². The molecule has 4 nitrogen and oxygen atoms in total. The lowest BCUT2D eigenvalue weighted by atomic mass is 10.1. The molecule has 0 saturated heterocycles. The molecule has 0 aliphatic carbocycles. The monoisotopic (exact) mass is 319 g/mol. The highest BCUT2D eigenvalue weighted by molar-refractivity contribution is 5.85. The molecule has 120 valence electrons. The van der Waals surface area contributed by atoms with Gasteiger partial charge in [0.1, 0.15) is 24.2 Å². The molecule has 3 aromatic rings. The van der Waals surface area contributed by atoms with E-state index in [1.807, 2.05) is 36.4 Å².